The summed E-state index contributed by atoms with van der Waals surface area (Å²) in [6.45, 7) is 0. The predicted octanol–water partition coefficient (Wildman–Crippen LogP) is 4.98. The van der Waals surface area contributed by atoms with Gasteiger partial charge in [-0.05, 0) is 41.8 Å². The molecule has 3 heteroatoms. The fraction of sp³-hybridized carbons (Fsp3) is 0.200. The highest BCUT2D eigenvalue weighted by atomic mass is 79.9. The van der Waals surface area contributed by atoms with Crippen LogP contribution in [0.4, 0.5) is 0 Å². The van der Waals surface area contributed by atoms with Crippen molar-refractivity contribution in [2.24, 2.45) is 0 Å². The van der Waals surface area contributed by atoms with E-state index in [1.54, 1.807) is 7.11 Å². The molecule has 2 aromatic carbocycles. The first kappa shape index (κ1) is 13.4. The van der Waals surface area contributed by atoms with Crippen molar-refractivity contribution in [2.45, 2.75) is 11.8 Å². The van der Waals surface area contributed by atoms with E-state index in [-0.39, 0.29) is 5.38 Å². The van der Waals surface area contributed by atoms with Gasteiger partial charge in [-0.3, -0.25) is 0 Å². The van der Waals surface area contributed by atoms with Gasteiger partial charge in [0.05, 0.1) is 12.5 Å². The molecule has 2 rings (SSSR count). The van der Waals surface area contributed by atoms with E-state index in [9.17, 15) is 0 Å². The fourth-order valence-corrected chi connectivity index (χ4v) is 2.36. The Bertz CT molecular complexity index is 510. The lowest BCUT2D eigenvalue weighted by Crippen LogP contribution is -1.96. The summed E-state index contributed by atoms with van der Waals surface area (Å²) >= 11 is 9.87. The zero-order valence-electron chi connectivity index (χ0n) is 10.1. The van der Waals surface area contributed by atoms with Crippen molar-refractivity contribution in [1.29, 1.82) is 0 Å². The van der Waals surface area contributed by atoms with Gasteiger partial charge in [-0.1, -0.05) is 40.2 Å². The molecule has 94 valence electrons. The van der Waals surface area contributed by atoms with Crippen LogP contribution in [0.2, 0.25) is 0 Å². The topological polar surface area (TPSA) is 9.23 Å². The molecule has 0 N–H and O–H groups in total. The van der Waals surface area contributed by atoms with Gasteiger partial charge in [0.15, 0.2) is 0 Å². The summed E-state index contributed by atoms with van der Waals surface area (Å²) in [5.74, 6) is 0.842. The molecule has 0 aliphatic carbocycles. The smallest absolute Gasteiger partial charge is 0.119 e. The third kappa shape index (κ3) is 3.50. The zero-order valence-corrected chi connectivity index (χ0v) is 12.4. The molecule has 0 aliphatic rings. The lowest BCUT2D eigenvalue weighted by atomic mass is 10.0. The molecule has 0 radical (unpaired) electrons. The van der Waals surface area contributed by atoms with E-state index in [0.717, 1.165) is 22.2 Å². The van der Waals surface area contributed by atoms with Gasteiger partial charge in [0.25, 0.3) is 0 Å². The number of hydrogen-bond donors (Lipinski definition) is 0. The number of ether oxygens (including phenoxy) is 1. The molecule has 2 aromatic rings. The Labute approximate surface area is 121 Å². The van der Waals surface area contributed by atoms with E-state index in [1.165, 1.54) is 5.56 Å². The molecule has 0 saturated carbocycles. The number of benzene rings is 2. The normalized spacial score (nSPS) is 12.2. The molecular weight excluding hydrogens is 312 g/mol. The quantitative estimate of drug-likeness (QED) is 0.720. The van der Waals surface area contributed by atoms with Gasteiger partial charge in [-0.15, -0.1) is 11.6 Å². The molecule has 0 amide bonds. The third-order valence-corrected chi connectivity index (χ3v) is 3.72. The Balaban J connectivity index is 2.11. The van der Waals surface area contributed by atoms with Crippen molar-refractivity contribution in [3.8, 4) is 5.75 Å². The van der Waals surface area contributed by atoms with Crippen molar-refractivity contribution in [3.05, 3.63) is 64.1 Å². The number of hydrogen-bond acceptors (Lipinski definition) is 1. The predicted molar refractivity (Wildman–Crippen MR) is 79.4 cm³/mol. The average molecular weight is 326 g/mol. The van der Waals surface area contributed by atoms with E-state index in [2.05, 4.69) is 28.1 Å². The SMILES string of the molecule is COc1cccc(C(Cl)Cc2ccc(Br)cc2)c1. The summed E-state index contributed by atoms with van der Waals surface area (Å²) in [6.07, 6.45) is 0.808. The first-order valence-corrected chi connectivity index (χ1v) is 6.94. The third-order valence-electron chi connectivity index (χ3n) is 2.78. The van der Waals surface area contributed by atoms with Crippen molar-refractivity contribution < 1.29 is 4.74 Å². The van der Waals surface area contributed by atoms with Crippen LogP contribution in [0.25, 0.3) is 0 Å². The Hall–Kier alpha value is -0.990. The van der Waals surface area contributed by atoms with Gasteiger partial charge in [0.2, 0.25) is 0 Å². The molecular formula is C15H14BrClO. The van der Waals surface area contributed by atoms with Crippen molar-refractivity contribution in [1.82, 2.24) is 0 Å². The summed E-state index contributed by atoms with van der Waals surface area (Å²) in [4.78, 5) is 0. The van der Waals surface area contributed by atoms with Crippen LogP contribution in [0.1, 0.15) is 16.5 Å². The summed E-state index contributed by atoms with van der Waals surface area (Å²) in [5, 5.41) is -0.0405. The Kier molecular flexibility index (Phi) is 4.67. The van der Waals surface area contributed by atoms with E-state index in [4.69, 9.17) is 16.3 Å². The molecule has 1 atom stereocenters. The first-order valence-electron chi connectivity index (χ1n) is 5.71. The second-order valence-corrected chi connectivity index (χ2v) is 5.52. The van der Waals surface area contributed by atoms with Crippen LogP contribution in [0.3, 0.4) is 0 Å². The number of alkyl halides is 1. The van der Waals surface area contributed by atoms with Crippen LogP contribution in [0.15, 0.2) is 53.0 Å². The monoisotopic (exact) mass is 324 g/mol. The number of rotatable bonds is 4. The van der Waals surface area contributed by atoms with E-state index < -0.39 is 0 Å². The summed E-state index contributed by atoms with van der Waals surface area (Å²) in [5.41, 5.74) is 2.31. The second kappa shape index (κ2) is 6.26. The fourth-order valence-electron chi connectivity index (χ4n) is 1.78. The minimum absolute atomic E-state index is 0.0405. The standard InChI is InChI=1S/C15H14BrClO/c1-18-14-4-2-3-12(10-14)15(17)9-11-5-7-13(16)8-6-11/h2-8,10,15H,9H2,1H3. The maximum Gasteiger partial charge on any atom is 0.119 e. The van der Waals surface area contributed by atoms with E-state index in [1.807, 2.05) is 36.4 Å². The van der Waals surface area contributed by atoms with Crippen LogP contribution in [0.5, 0.6) is 5.75 Å². The molecule has 1 unspecified atom stereocenters. The minimum Gasteiger partial charge on any atom is -0.497 e. The van der Waals surface area contributed by atoms with Gasteiger partial charge >= 0.3 is 0 Å². The van der Waals surface area contributed by atoms with Crippen LogP contribution >= 0.6 is 27.5 Å². The number of halogens is 2. The largest absolute Gasteiger partial charge is 0.497 e. The number of methoxy groups -OCH3 is 1. The van der Waals surface area contributed by atoms with Crippen molar-refractivity contribution >= 4 is 27.5 Å². The van der Waals surface area contributed by atoms with Gasteiger partial charge in [-0.2, -0.15) is 0 Å². The van der Waals surface area contributed by atoms with Crippen molar-refractivity contribution in [3.63, 3.8) is 0 Å². The van der Waals surface area contributed by atoms with Crippen LogP contribution in [-0.2, 0) is 6.42 Å². The summed E-state index contributed by atoms with van der Waals surface area (Å²) in [7, 11) is 1.66. The Morgan fingerprint density at radius 2 is 1.89 bits per heavy atom. The lowest BCUT2D eigenvalue weighted by molar-refractivity contribution is 0.414. The maximum absolute atomic E-state index is 6.44. The van der Waals surface area contributed by atoms with Crippen molar-refractivity contribution in [2.75, 3.05) is 7.11 Å². The summed E-state index contributed by atoms with van der Waals surface area (Å²) in [6, 6.07) is 16.1. The lowest BCUT2D eigenvalue weighted by Gasteiger charge is -2.11. The Morgan fingerprint density at radius 3 is 2.56 bits per heavy atom. The van der Waals surface area contributed by atoms with E-state index >= 15 is 0 Å². The highest BCUT2D eigenvalue weighted by Crippen LogP contribution is 2.28. The van der Waals surface area contributed by atoms with Gasteiger partial charge in [0, 0.05) is 4.47 Å². The van der Waals surface area contributed by atoms with E-state index in [0.29, 0.717) is 0 Å². The highest BCUT2D eigenvalue weighted by Gasteiger charge is 2.09. The van der Waals surface area contributed by atoms with Crippen LogP contribution in [-0.4, -0.2) is 7.11 Å². The molecule has 0 bridgehead atoms. The first-order chi connectivity index (χ1) is 8.69. The molecule has 18 heavy (non-hydrogen) atoms. The second-order valence-electron chi connectivity index (χ2n) is 4.07. The minimum atomic E-state index is -0.0405. The summed E-state index contributed by atoms with van der Waals surface area (Å²) < 4.78 is 6.29. The Morgan fingerprint density at radius 1 is 1.17 bits per heavy atom. The molecule has 0 heterocycles. The maximum atomic E-state index is 6.44. The van der Waals surface area contributed by atoms with Gasteiger partial charge in [0.1, 0.15) is 5.75 Å². The van der Waals surface area contributed by atoms with Crippen LogP contribution in [0, 0.1) is 0 Å². The molecule has 0 spiro atoms. The van der Waals surface area contributed by atoms with Gasteiger partial charge in [-0.25, -0.2) is 0 Å². The zero-order chi connectivity index (χ0) is 13.0. The average Bonchev–Trinajstić information content (AvgIpc) is 2.41. The molecule has 0 aliphatic heterocycles. The van der Waals surface area contributed by atoms with Crippen LogP contribution < -0.4 is 4.74 Å². The molecule has 0 fully saturated rings. The highest BCUT2D eigenvalue weighted by molar-refractivity contribution is 9.10. The van der Waals surface area contributed by atoms with Gasteiger partial charge < -0.3 is 4.74 Å². The molecule has 0 saturated heterocycles. The molecule has 0 aromatic heterocycles. The molecule has 1 nitrogen and oxygen atoms in total.